The largest absolute Gasteiger partial charge is 0.508 e. The van der Waals surface area contributed by atoms with Crippen LogP contribution >= 0.6 is 0 Å². The van der Waals surface area contributed by atoms with E-state index in [1.54, 1.807) is 24.3 Å². The van der Waals surface area contributed by atoms with Crippen molar-refractivity contribution in [3.05, 3.63) is 29.8 Å². The van der Waals surface area contributed by atoms with Gasteiger partial charge in [0.15, 0.2) is 9.84 Å². The van der Waals surface area contributed by atoms with Gasteiger partial charge in [0.1, 0.15) is 5.75 Å². The van der Waals surface area contributed by atoms with Crippen molar-refractivity contribution in [3.63, 3.8) is 0 Å². The normalized spacial score (nSPS) is 21.2. The topological polar surface area (TPSA) is 83.5 Å². The van der Waals surface area contributed by atoms with E-state index in [0.29, 0.717) is 12.0 Å². The molecule has 0 aliphatic carbocycles. The van der Waals surface area contributed by atoms with Crippen molar-refractivity contribution in [2.75, 3.05) is 11.5 Å². The molecule has 1 aromatic carbocycles. The molecule has 1 unspecified atom stereocenters. The summed E-state index contributed by atoms with van der Waals surface area (Å²) < 4.78 is 22.6. The minimum absolute atomic E-state index is 0.0747. The first-order valence-corrected chi connectivity index (χ1v) is 8.02. The highest BCUT2D eigenvalue weighted by Crippen LogP contribution is 2.21. The third-order valence-corrected chi connectivity index (χ3v) is 5.11. The molecule has 0 saturated carbocycles. The fraction of sp³-hybridized carbons (Fsp3) is 0.462. The lowest BCUT2D eigenvalue weighted by Gasteiger charge is -2.09. The van der Waals surface area contributed by atoms with Gasteiger partial charge in [-0.2, -0.15) is 0 Å². The number of aromatic hydroxyl groups is 1. The second kappa shape index (κ2) is 5.61. The maximum Gasteiger partial charge on any atom is 0.220 e. The molecule has 0 radical (unpaired) electrons. The molecule has 104 valence electrons. The van der Waals surface area contributed by atoms with Gasteiger partial charge in [0.05, 0.1) is 11.5 Å². The summed E-state index contributed by atoms with van der Waals surface area (Å²) in [5, 5.41) is 12.2. The van der Waals surface area contributed by atoms with Crippen LogP contribution in [0.15, 0.2) is 24.3 Å². The molecule has 2 N–H and O–H groups in total. The number of carbonyl (C=O) groups excluding carboxylic acids is 1. The Morgan fingerprint density at radius 2 is 2.11 bits per heavy atom. The van der Waals surface area contributed by atoms with E-state index in [2.05, 4.69) is 5.32 Å². The molecule has 1 heterocycles. The molecule has 5 nitrogen and oxygen atoms in total. The molecule has 1 amide bonds. The molecule has 1 aliphatic heterocycles. The second-order valence-corrected chi connectivity index (χ2v) is 7.11. The first-order chi connectivity index (χ1) is 8.96. The lowest BCUT2D eigenvalue weighted by molar-refractivity contribution is -0.122. The third kappa shape index (κ3) is 3.96. The second-order valence-electron chi connectivity index (χ2n) is 4.88. The van der Waals surface area contributed by atoms with E-state index in [1.165, 1.54) is 0 Å². The fourth-order valence-electron chi connectivity index (χ4n) is 2.22. The summed E-state index contributed by atoms with van der Waals surface area (Å²) >= 11 is 0. The average molecular weight is 283 g/mol. The highest BCUT2D eigenvalue weighted by molar-refractivity contribution is 7.91. The molecule has 1 aliphatic rings. The van der Waals surface area contributed by atoms with E-state index in [-0.39, 0.29) is 42.0 Å². The van der Waals surface area contributed by atoms with Crippen molar-refractivity contribution in [2.24, 2.45) is 5.92 Å². The molecule has 0 bridgehead atoms. The van der Waals surface area contributed by atoms with Crippen molar-refractivity contribution < 1.29 is 18.3 Å². The molecule has 0 spiro atoms. The number of phenols is 1. The number of amides is 1. The molecule has 19 heavy (non-hydrogen) atoms. The Labute approximate surface area is 112 Å². The van der Waals surface area contributed by atoms with E-state index in [0.717, 1.165) is 0 Å². The van der Waals surface area contributed by atoms with E-state index in [1.807, 2.05) is 0 Å². The highest BCUT2D eigenvalue weighted by Gasteiger charge is 2.29. The Kier molecular flexibility index (Phi) is 4.09. The molecule has 6 heteroatoms. The Morgan fingerprint density at radius 3 is 2.74 bits per heavy atom. The third-order valence-electron chi connectivity index (χ3n) is 3.27. The molecular weight excluding hydrogens is 266 g/mol. The summed E-state index contributed by atoms with van der Waals surface area (Å²) in [5.41, 5.74) is 0.648. The van der Waals surface area contributed by atoms with Crippen LogP contribution in [0.4, 0.5) is 0 Å². The van der Waals surface area contributed by atoms with Crippen LogP contribution in [-0.4, -0.2) is 30.9 Å². The summed E-state index contributed by atoms with van der Waals surface area (Å²) in [6, 6.07) is 6.79. The van der Waals surface area contributed by atoms with Gasteiger partial charge < -0.3 is 10.4 Å². The van der Waals surface area contributed by atoms with Crippen molar-refractivity contribution >= 4 is 15.7 Å². The molecular formula is C13H17NO4S. The van der Waals surface area contributed by atoms with Gasteiger partial charge in [0.2, 0.25) is 5.91 Å². The van der Waals surface area contributed by atoms with Crippen molar-refractivity contribution in [1.29, 1.82) is 0 Å². The number of benzene rings is 1. The van der Waals surface area contributed by atoms with Crippen LogP contribution in [0.5, 0.6) is 5.75 Å². The van der Waals surface area contributed by atoms with Gasteiger partial charge in [0, 0.05) is 18.5 Å². The lowest BCUT2D eigenvalue weighted by Crippen LogP contribution is -2.25. The first-order valence-electron chi connectivity index (χ1n) is 6.20. The minimum atomic E-state index is -2.93. The molecule has 2 rings (SSSR count). The van der Waals surface area contributed by atoms with Crippen LogP contribution in [-0.2, 0) is 21.2 Å². The van der Waals surface area contributed by atoms with Gasteiger partial charge >= 0.3 is 0 Å². The van der Waals surface area contributed by atoms with Gasteiger partial charge in [-0.3, -0.25) is 4.79 Å². The van der Waals surface area contributed by atoms with Crippen LogP contribution in [0.2, 0.25) is 0 Å². The van der Waals surface area contributed by atoms with Crippen molar-refractivity contribution in [1.82, 2.24) is 5.32 Å². The van der Waals surface area contributed by atoms with Crippen molar-refractivity contribution in [3.8, 4) is 5.75 Å². The maximum atomic E-state index is 11.7. The summed E-state index contributed by atoms with van der Waals surface area (Å²) in [6.45, 7) is 0.255. The Bertz CT molecular complexity index is 568. The molecule has 1 aromatic rings. The van der Waals surface area contributed by atoms with Crippen LogP contribution < -0.4 is 5.32 Å². The number of hydrogen-bond donors (Lipinski definition) is 2. The monoisotopic (exact) mass is 283 g/mol. The number of hydrogen-bond acceptors (Lipinski definition) is 4. The molecule has 1 atom stereocenters. The smallest absolute Gasteiger partial charge is 0.220 e. The Morgan fingerprint density at radius 1 is 1.37 bits per heavy atom. The van der Waals surface area contributed by atoms with Gasteiger partial charge in [-0.15, -0.1) is 0 Å². The number of rotatable bonds is 4. The fourth-order valence-corrected chi connectivity index (χ4v) is 4.08. The van der Waals surface area contributed by atoms with Gasteiger partial charge in [-0.05, 0) is 18.4 Å². The lowest BCUT2D eigenvalue weighted by atomic mass is 10.0. The predicted octanol–water partition coefficient (Wildman–Crippen LogP) is 0.833. The summed E-state index contributed by atoms with van der Waals surface area (Å²) in [6.07, 6.45) is 0.791. The number of sulfone groups is 1. The Balaban J connectivity index is 1.81. The zero-order valence-corrected chi connectivity index (χ0v) is 11.3. The maximum absolute atomic E-state index is 11.7. The van der Waals surface area contributed by atoms with Gasteiger partial charge in [-0.25, -0.2) is 8.42 Å². The number of carbonyl (C=O) groups is 1. The van der Waals surface area contributed by atoms with E-state index < -0.39 is 9.84 Å². The van der Waals surface area contributed by atoms with Crippen LogP contribution in [0.3, 0.4) is 0 Å². The quantitative estimate of drug-likeness (QED) is 0.857. The van der Waals surface area contributed by atoms with Crippen molar-refractivity contribution in [2.45, 2.75) is 19.4 Å². The van der Waals surface area contributed by atoms with Gasteiger partial charge in [0.25, 0.3) is 0 Å². The number of phenolic OH excluding ortho intramolecular Hbond substituents is 1. The van der Waals surface area contributed by atoms with Crippen LogP contribution in [0, 0.1) is 5.92 Å². The molecule has 1 saturated heterocycles. The SMILES string of the molecule is O=C(CC1CCS(=O)(=O)C1)NCc1ccccc1O. The molecule has 0 aromatic heterocycles. The van der Waals surface area contributed by atoms with Crippen LogP contribution in [0.1, 0.15) is 18.4 Å². The Hall–Kier alpha value is -1.56. The van der Waals surface area contributed by atoms with E-state index in [4.69, 9.17) is 0 Å². The minimum Gasteiger partial charge on any atom is -0.508 e. The zero-order chi connectivity index (χ0) is 13.9. The summed E-state index contributed by atoms with van der Waals surface area (Å²) in [4.78, 5) is 11.7. The standard InChI is InChI=1S/C13H17NO4S/c15-12-4-2-1-3-11(12)8-14-13(16)7-10-5-6-19(17,18)9-10/h1-4,10,15H,5-9H2,(H,14,16). The number of nitrogens with one attached hydrogen (secondary N) is 1. The average Bonchev–Trinajstić information content (AvgIpc) is 2.67. The number of para-hydroxylation sites is 1. The van der Waals surface area contributed by atoms with Crippen LogP contribution in [0.25, 0.3) is 0 Å². The van der Waals surface area contributed by atoms with E-state index in [9.17, 15) is 18.3 Å². The predicted molar refractivity (Wildman–Crippen MR) is 71.3 cm³/mol. The zero-order valence-electron chi connectivity index (χ0n) is 10.5. The first kappa shape index (κ1) is 13.9. The van der Waals surface area contributed by atoms with Gasteiger partial charge in [-0.1, -0.05) is 18.2 Å². The summed E-state index contributed by atoms with van der Waals surface area (Å²) in [7, 11) is -2.93. The summed E-state index contributed by atoms with van der Waals surface area (Å²) in [5.74, 6) is 0.187. The highest BCUT2D eigenvalue weighted by atomic mass is 32.2. The molecule has 1 fully saturated rings. The van der Waals surface area contributed by atoms with E-state index >= 15 is 0 Å².